The molecule has 0 unspecified atom stereocenters. The predicted molar refractivity (Wildman–Crippen MR) is 122 cm³/mol. The largest absolute Gasteiger partial charge is 0.496 e. The molecule has 2 aromatic carbocycles. The Balaban J connectivity index is 1.54. The Morgan fingerprint density at radius 3 is 2.67 bits per heavy atom. The van der Waals surface area contributed by atoms with E-state index in [1.165, 1.54) is 14.2 Å². The van der Waals surface area contributed by atoms with Gasteiger partial charge in [0.2, 0.25) is 0 Å². The lowest BCUT2D eigenvalue weighted by molar-refractivity contribution is 0.0596. The van der Waals surface area contributed by atoms with Crippen LogP contribution < -0.4 is 15.2 Å². The molecule has 4 rings (SSSR count). The predicted octanol–water partition coefficient (Wildman–Crippen LogP) is 3.73. The number of ether oxygens (including phenoxy) is 3. The number of nitrogen functional groups attached to an aromatic ring is 1. The fraction of sp³-hybridized carbons (Fsp3) is 0.182. The van der Waals surface area contributed by atoms with Gasteiger partial charge in [0.05, 0.1) is 20.8 Å². The Bertz CT molecular complexity index is 1340. The van der Waals surface area contributed by atoms with E-state index in [2.05, 4.69) is 30.9 Å². The number of hydrogen-bond acceptors (Lipinski definition) is 8. The molecule has 2 heterocycles. The zero-order chi connectivity index (χ0) is 23.5. The number of fused-ring (bicyclic) bond motifs is 1. The van der Waals surface area contributed by atoms with Crippen molar-refractivity contribution in [1.82, 2.24) is 19.5 Å². The van der Waals surface area contributed by atoms with Crippen LogP contribution in [0.2, 0.25) is 0 Å². The minimum absolute atomic E-state index is 0.0232. The highest BCUT2D eigenvalue weighted by Gasteiger charge is 2.16. The van der Waals surface area contributed by atoms with Crippen LogP contribution in [0.4, 0.5) is 10.2 Å². The van der Waals surface area contributed by atoms with E-state index in [9.17, 15) is 9.18 Å². The van der Waals surface area contributed by atoms with Gasteiger partial charge in [-0.05, 0) is 45.3 Å². The summed E-state index contributed by atoms with van der Waals surface area (Å²) in [6.45, 7) is 0.631. The summed E-state index contributed by atoms with van der Waals surface area (Å²) in [5.41, 5.74) is 8.47. The molecule has 0 radical (unpaired) electrons. The van der Waals surface area contributed by atoms with E-state index >= 15 is 0 Å². The van der Waals surface area contributed by atoms with Gasteiger partial charge in [-0.1, -0.05) is 24.3 Å². The molecule has 0 fully saturated rings. The summed E-state index contributed by atoms with van der Waals surface area (Å²) in [5.74, 6) is 0.353. The first-order valence-corrected chi connectivity index (χ1v) is 10.5. The second kappa shape index (κ2) is 9.41. The maximum atomic E-state index is 13.7. The Labute approximate surface area is 196 Å². The number of methoxy groups -OCH3 is 2. The fourth-order valence-corrected chi connectivity index (χ4v) is 3.79. The second-order valence-electron chi connectivity index (χ2n) is 6.98. The molecule has 4 aromatic rings. The van der Waals surface area contributed by atoms with Gasteiger partial charge in [-0.3, -0.25) is 4.57 Å². The van der Waals surface area contributed by atoms with Crippen molar-refractivity contribution in [3.05, 3.63) is 70.0 Å². The molecule has 0 aliphatic heterocycles. The molecule has 0 aliphatic carbocycles. The minimum Gasteiger partial charge on any atom is -0.496 e. The Kier molecular flexibility index (Phi) is 6.40. The van der Waals surface area contributed by atoms with Crippen molar-refractivity contribution in [2.24, 2.45) is 0 Å². The van der Waals surface area contributed by atoms with Gasteiger partial charge in [-0.15, -0.1) is 0 Å². The molecule has 11 heteroatoms. The summed E-state index contributed by atoms with van der Waals surface area (Å²) in [6, 6.07) is 12.6. The number of halogens is 2. The summed E-state index contributed by atoms with van der Waals surface area (Å²) in [5, 5.41) is 0. The molecule has 0 saturated heterocycles. The first kappa shape index (κ1) is 22.5. The molecule has 0 bridgehead atoms. The number of aromatic nitrogens is 4. The highest BCUT2D eigenvalue weighted by Crippen LogP contribution is 2.26. The van der Waals surface area contributed by atoms with Gasteiger partial charge in [0.25, 0.3) is 0 Å². The lowest BCUT2D eigenvalue weighted by Gasteiger charge is -2.12. The third kappa shape index (κ3) is 4.72. The average molecular weight is 516 g/mol. The van der Waals surface area contributed by atoms with Gasteiger partial charge in [0, 0.05) is 0 Å². The molecule has 0 aliphatic rings. The van der Waals surface area contributed by atoms with E-state index in [4.69, 9.17) is 19.9 Å². The number of nitrogens with zero attached hydrogens (tertiary/aromatic N) is 4. The SMILES string of the molecule is COC(=O)c1cc(OCc2cccc(Cn3c(Br)nc4c(N)nc(F)nc43)c2)ccc1OC. The Morgan fingerprint density at radius 2 is 1.91 bits per heavy atom. The number of rotatable bonds is 7. The van der Waals surface area contributed by atoms with Gasteiger partial charge in [0.1, 0.15) is 23.7 Å². The normalized spacial score (nSPS) is 10.9. The third-order valence-electron chi connectivity index (χ3n) is 4.86. The van der Waals surface area contributed by atoms with Gasteiger partial charge in [-0.25, -0.2) is 9.78 Å². The monoisotopic (exact) mass is 515 g/mol. The molecule has 0 spiro atoms. The molecule has 170 valence electrons. The van der Waals surface area contributed by atoms with Crippen LogP contribution in [0.5, 0.6) is 11.5 Å². The van der Waals surface area contributed by atoms with E-state index in [1.54, 1.807) is 22.8 Å². The second-order valence-corrected chi connectivity index (χ2v) is 7.69. The summed E-state index contributed by atoms with van der Waals surface area (Å²) in [6.07, 6.45) is -0.915. The highest BCUT2D eigenvalue weighted by molar-refractivity contribution is 9.10. The standard InChI is InChI=1S/C22H19BrFN5O4/c1-31-16-7-6-14(9-15(16)20(30)32-2)33-11-13-5-3-4-12(8-13)10-29-19-17(26-21(29)23)18(25)27-22(24)28-19/h3-9H,10-11H2,1-2H3,(H2,25,27,28). The van der Waals surface area contributed by atoms with E-state index in [0.29, 0.717) is 33.9 Å². The van der Waals surface area contributed by atoms with Crippen LogP contribution >= 0.6 is 15.9 Å². The fourth-order valence-electron chi connectivity index (χ4n) is 3.32. The first-order valence-electron chi connectivity index (χ1n) is 9.71. The van der Waals surface area contributed by atoms with E-state index in [1.807, 2.05) is 24.3 Å². The number of carbonyl (C=O) groups excluding carboxylic acids is 1. The molecule has 0 saturated carbocycles. The van der Waals surface area contributed by atoms with Gasteiger partial charge >= 0.3 is 12.0 Å². The van der Waals surface area contributed by atoms with Crippen molar-refractivity contribution in [1.29, 1.82) is 0 Å². The van der Waals surface area contributed by atoms with Crippen LogP contribution in [-0.2, 0) is 17.9 Å². The number of carbonyl (C=O) groups is 1. The molecule has 33 heavy (non-hydrogen) atoms. The number of imidazole rings is 1. The van der Waals surface area contributed by atoms with Gasteiger partial charge in [-0.2, -0.15) is 14.4 Å². The van der Waals surface area contributed by atoms with Crippen LogP contribution in [-0.4, -0.2) is 39.7 Å². The molecule has 2 aromatic heterocycles. The molecule has 2 N–H and O–H groups in total. The zero-order valence-electron chi connectivity index (χ0n) is 17.7. The van der Waals surface area contributed by atoms with Crippen LogP contribution in [0, 0.1) is 6.08 Å². The maximum absolute atomic E-state index is 13.7. The Morgan fingerprint density at radius 1 is 1.12 bits per heavy atom. The van der Waals surface area contributed by atoms with Crippen molar-refractivity contribution in [2.45, 2.75) is 13.2 Å². The first-order chi connectivity index (χ1) is 15.9. The quantitative estimate of drug-likeness (QED) is 0.225. The molecular weight excluding hydrogens is 497 g/mol. The van der Waals surface area contributed by atoms with Crippen LogP contribution in [0.1, 0.15) is 21.5 Å². The average Bonchev–Trinajstić information content (AvgIpc) is 3.12. The smallest absolute Gasteiger partial charge is 0.341 e. The maximum Gasteiger partial charge on any atom is 0.341 e. The molecule has 0 amide bonds. The number of nitrogens with two attached hydrogens (primary N) is 1. The zero-order valence-corrected chi connectivity index (χ0v) is 19.3. The number of benzene rings is 2. The Hall–Kier alpha value is -3.73. The van der Waals surface area contributed by atoms with Crippen molar-refractivity contribution in [3.8, 4) is 11.5 Å². The topological polar surface area (TPSA) is 114 Å². The van der Waals surface area contributed by atoms with Gasteiger partial charge in [0.15, 0.2) is 21.7 Å². The lowest BCUT2D eigenvalue weighted by Crippen LogP contribution is -2.06. The van der Waals surface area contributed by atoms with Crippen LogP contribution in [0.15, 0.2) is 47.2 Å². The molecular formula is C22H19BrFN5O4. The third-order valence-corrected chi connectivity index (χ3v) is 5.47. The van der Waals surface area contributed by atoms with Crippen molar-refractivity contribution >= 4 is 38.9 Å². The number of esters is 1. The van der Waals surface area contributed by atoms with Gasteiger partial charge < -0.3 is 19.9 Å². The molecule has 9 nitrogen and oxygen atoms in total. The highest BCUT2D eigenvalue weighted by atomic mass is 79.9. The van der Waals surface area contributed by atoms with E-state index < -0.39 is 12.0 Å². The van der Waals surface area contributed by atoms with E-state index in [0.717, 1.165) is 11.1 Å². The van der Waals surface area contributed by atoms with Crippen molar-refractivity contribution in [3.63, 3.8) is 0 Å². The van der Waals surface area contributed by atoms with E-state index in [-0.39, 0.29) is 18.0 Å². The minimum atomic E-state index is -0.915. The summed E-state index contributed by atoms with van der Waals surface area (Å²) >= 11 is 3.38. The lowest BCUT2D eigenvalue weighted by atomic mass is 10.1. The molecule has 0 atom stereocenters. The summed E-state index contributed by atoms with van der Waals surface area (Å²) < 4.78 is 31.7. The van der Waals surface area contributed by atoms with Crippen LogP contribution in [0.25, 0.3) is 11.2 Å². The van der Waals surface area contributed by atoms with Crippen LogP contribution in [0.3, 0.4) is 0 Å². The van der Waals surface area contributed by atoms with Crippen molar-refractivity contribution in [2.75, 3.05) is 20.0 Å². The summed E-state index contributed by atoms with van der Waals surface area (Å²) in [4.78, 5) is 23.6. The number of hydrogen-bond donors (Lipinski definition) is 1. The number of anilines is 1. The summed E-state index contributed by atoms with van der Waals surface area (Å²) in [7, 11) is 2.78. The van der Waals surface area contributed by atoms with Crippen molar-refractivity contribution < 1.29 is 23.4 Å².